The predicted molar refractivity (Wildman–Crippen MR) is 120 cm³/mol. The zero-order valence-corrected chi connectivity index (χ0v) is 22.2. The topological polar surface area (TPSA) is 82.1 Å². The van der Waals surface area contributed by atoms with Crippen LogP contribution in [0.15, 0.2) is 0 Å². The van der Waals surface area contributed by atoms with Crippen LogP contribution in [0.1, 0.15) is 54.9 Å². The second-order valence-corrected chi connectivity index (χ2v) is 20.8. The molecular weight excluding hydrogens is 404 g/mol. The van der Waals surface area contributed by atoms with Gasteiger partial charge in [0.2, 0.25) is 0 Å². The number of hydrogen-bond donors (Lipinski definition) is 1. The maximum atomic E-state index is 12.9. The number of rotatable bonds is 6. The molecule has 0 radical (unpaired) electrons. The number of ether oxygens (including phenoxy) is 1. The van der Waals surface area contributed by atoms with E-state index in [1.165, 1.54) is 6.92 Å². The number of esters is 1. The molecule has 1 N–H and O–H groups in total. The first kappa shape index (κ1) is 26.5. The van der Waals surface area contributed by atoms with Crippen LogP contribution in [0.2, 0.25) is 36.3 Å². The summed E-state index contributed by atoms with van der Waals surface area (Å²) < 4.78 is 18.8. The van der Waals surface area contributed by atoms with Gasteiger partial charge in [0.05, 0.1) is 24.7 Å². The first-order chi connectivity index (χ1) is 12.8. The Kier molecular flexibility index (Phi) is 8.13. The van der Waals surface area contributed by atoms with Crippen LogP contribution in [-0.2, 0) is 23.2 Å². The van der Waals surface area contributed by atoms with Gasteiger partial charge in [-0.2, -0.15) is 0 Å². The van der Waals surface area contributed by atoms with Crippen molar-refractivity contribution in [3.8, 4) is 0 Å². The first-order valence-electron chi connectivity index (χ1n) is 10.5. The largest absolute Gasteiger partial charge is 0.457 e. The molecule has 1 saturated carbocycles. The minimum atomic E-state index is -2.30. The molecule has 4 atom stereocenters. The lowest BCUT2D eigenvalue weighted by Crippen LogP contribution is -2.61. The Bertz CT molecular complexity index is 603. The lowest BCUT2D eigenvalue weighted by atomic mass is 9.82. The zero-order chi connectivity index (χ0) is 23.0. The van der Waals surface area contributed by atoms with Crippen molar-refractivity contribution in [2.24, 2.45) is 5.92 Å². The van der Waals surface area contributed by atoms with Crippen LogP contribution in [0.4, 0.5) is 0 Å². The lowest BCUT2D eigenvalue weighted by Gasteiger charge is -2.49. The molecule has 8 heteroatoms. The average molecular weight is 447 g/mol. The lowest BCUT2D eigenvalue weighted by molar-refractivity contribution is -0.175. The van der Waals surface area contributed by atoms with Crippen molar-refractivity contribution in [1.82, 2.24) is 0 Å². The van der Waals surface area contributed by atoms with E-state index in [9.17, 15) is 14.7 Å². The average Bonchev–Trinajstić information content (AvgIpc) is 2.48. The third-order valence-corrected chi connectivity index (χ3v) is 15.9. The molecule has 1 fully saturated rings. The molecule has 0 spiro atoms. The van der Waals surface area contributed by atoms with Crippen LogP contribution >= 0.6 is 0 Å². The molecule has 6 nitrogen and oxygen atoms in total. The van der Waals surface area contributed by atoms with Gasteiger partial charge in [0.15, 0.2) is 22.7 Å². The number of Topliss-reactive ketones (excluding diaryl/α,β-unsaturated/α-hetero) is 1. The molecule has 0 aromatic rings. The molecule has 0 saturated heterocycles. The van der Waals surface area contributed by atoms with Crippen LogP contribution in [0, 0.1) is 5.92 Å². The van der Waals surface area contributed by atoms with E-state index in [-0.39, 0.29) is 28.9 Å². The molecule has 0 aliphatic heterocycles. The van der Waals surface area contributed by atoms with E-state index in [1.54, 1.807) is 0 Å². The summed E-state index contributed by atoms with van der Waals surface area (Å²) in [5.74, 6) is -1.25. The van der Waals surface area contributed by atoms with E-state index in [4.69, 9.17) is 13.6 Å². The van der Waals surface area contributed by atoms with E-state index >= 15 is 0 Å². The van der Waals surface area contributed by atoms with Crippen molar-refractivity contribution in [1.29, 1.82) is 0 Å². The Morgan fingerprint density at radius 3 is 1.79 bits per heavy atom. The molecular formula is C21H42O6Si2. The van der Waals surface area contributed by atoms with E-state index in [2.05, 4.69) is 67.7 Å². The van der Waals surface area contributed by atoms with Crippen molar-refractivity contribution in [2.75, 3.05) is 6.61 Å². The molecule has 1 aliphatic rings. The van der Waals surface area contributed by atoms with Crippen molar-refractivity contribution in [3.63, 3.8) is 0 Å². The fourth-order valence-electron chi connectivity index (χ4n) is 2.96. The highest BCUT2D eigenvalue weighted by molar-refractivity contribution is 6.74. The van der Waals surface area contributed by atoms with Gasteiger partial charge in [0, 0.05) is 13.3 Å². The Hall–Kier alpha value is -0.546. The van der Waals surface area contributed by atoms with Crippen LogP contribution in [-0.4, -0.2) is 58.4 Å². The van der Waals surface area contributed by atoms with Gasteiger partial charge >= 0.3 is 5.97 Å². The third kappa shape index (κ3) is 6.23. The van der Waals surface area contributed by atoms with E-state index < -0.39 is 46.8 Å². The zero-order valence-electron chi connectivity index (χ0n) is 20.2. The summed E-state index contributed by atoms with van der Waals surface area (Å²) in [6, 6.07) is 0. The quantitative estimate of drug-likeness (QED) is 0.484. The second kappa shape index (κ2) is 8.90. The standard InChI is InChI=1S/C21H42O6Si2/c1-14(23)25-19-17(26-28(8,9)20(2,3)4)12-16(24)15(13-22)18(19)27-29(10,11)21(5,6)7/h15,17-19,22H,12-13H2,1-11H3. The molecule has 0 amide bonds. The number of aliphatic hydroxyl groups is 1. The molecule has 170 valence electrons. The van der Waals surface area contributed by atoms with Gasteiger partial charge in [0.1, 0.15) is 5.78 Å². The monoisotopic (exact) mass is 446 g/mol. The highest BCUT2D eigenvalue weighted by Crippen LogP contribution is 2.43. The highest BCUT2D eigenvalue weighted by Gasteiger charge is 2.53. The summed E-state index contributed by atoms with van der Waals surface area (Å²) in [6.07, 6.45) is -1.87. The molecule has 0 bridgehead atoms. The van der Waals surface area contributed by atoms with Crippen molar-refractivity contribution in [3.05, 3.63) is 0 Å². The van der Waals surface area contributed by atoms with E-state index in [1.807, 2.05) is 0 Å². The summed E-state index contributed by atoms with van der Waals surface area (Å²) >= 11 is 0. The summed E-state index contributed by atoms with van der Waals surface area (Å²) in [7, 11) is -4.52. The smallest absolute Gasteiger partial charge is 0.303 e. The van der Waals surface area contributed by atoms with E-state index in [0.717, 1.165) is 0 Å². The summed E-state index contributed by atoms with van der Waals surface area (Å²) in [5.41, 5.74) is 0. The maximum absolute atomic E-state index is 12.9. The Labute approximate surface area is 178 Å². The normalized spacial score (nSPS) is 27.1. The molecule has 0 aromatic heterocycles. The summed E-state index contributed by atoms with van der Waals surface area (Å²) in [4.78, 5) is 24.9. The Morgan fingerprint density at radius 2 is 1.41 bits per heavy atom. The number of carbonyl (C=O) groups is 2. The molecule has 1 rings (SSSR count). The van der Waals surface area contributed by atoms with Crippen LogP contribution in [0.3, 0.4) is 0 Å². The van der Waals surface area contributed by atoms with Gasteiger partial charge in [-0.25, -0.2) is 0 Å². The Morgan fingerprint density at radius 1 is 0.966 bits per heavy atom. The summed E-state index contributed by atoms with van der Waals surface area (Å²) in [5, 5.41) is 9.83. The number of aliphatic hydroxyl groups excluding tert-OH is 1. The number of ketones is 1. The van der Waals surface area contributed by atoms with Crippen LogP contribution in [0.5, 0.6) is 0 Å². The van der Waals surface area contributed by atoms with Gasteiger partial charge in [-0.3, -0.25) is 9.59 Å². The fraction of sp³-hybridized carbons (Fsp3) is 0.905. The number of carbonyl (C=O) groups excluding carboxylic acids is 2. The molecule has 0 aromatic carbocycles. The predicted octanol–water partition coefficient (Wildman–Crippen LogP) is 4.28. The molecule has 0 heterocycles. The van der Waals surface area contributed by atoms with E-state index in [0.29, 0.717) is 0 Å². The first-order valence-corrected chi connectivity index (χ1v) is 16.3. The van der Waals surface area contributed by atoms with Gasteiger partial charge in [0.25, 0.3) is 0 Å². The van der Waals surface area contributed by atoms with Crippen LogP contribution < -0.4 is 0 Å². The minimum Gasteiger partial charge on any atom is -0.457 e. The van der Waals surface area contributed by atoms with Crippen molar-refractivity contribution >= 4 is 28.4 Å². The number of hydrogen-bond acceptors (Lipinski definition) is 6. The van der Waals surface area contributed by atoms with Gasteiger partial charge in [-0.15, -0.1) is 0 Å². The van der Waals surface area contributed by atoms with Crippen molar-refractivity contribution < 1.29 is 28.3 Å². The minimum absolute atomic E-state index is 0.0551. The maximum Gasteiger partial charge on any atom is 0.303 e. The van der Waals surface area contributed by atoms with Gasteiger partial charge < -0.3 is 18.7 Å². The second-order valence-electron chi connectivity index (χ2n) is 11.3. The third-order valence-electron chi connectivity index (χ3n) is 6.89. The van der Waals surface area contributed by atoms with Gasteiger partial charge in [-0.05, 0) is 36.3 Å². The summed E-state index contributed by atoms with van der Waals surface area (Å²) in [6.45, 7) is 22.2. The Balaban J connectivity index is 3.38. The van der Waals surface area contributed by atoms with Crippen molar-refractivity contribution in [2.45, 2.75) is 109 Å². The SMILES string of the molecule is CC(=O)OC1C(O[Si](C)(C)C(C)(C)C)CC(=O)C(CO)C1O[Si](C)(C)C(C)(C)C. The molecule has 4 unspecified atom stereocenters. The molecule has 1 aliphatic carbocycles. The highest BCUT2D eigenvalue weighted by atomic mass is 28.4. The molecule has 29 heavy (non-hydrogen) atoms. The van der Waals surface area contributed by atoms with Gasteiger partial charge in [-0.1, -0.05) is 41.5 Å². The van der Waals surface area contributed by atoms with Crippen LogP contribution in [0.25, 0.3) is 0 Å². The fourth-order valence-corrected chi connectivity index (χ4v) is 5.62.